The molecule has 0 amide bonds. The zero-order chi connectivity index (χ0) is 32.1. The van der Waals surface area contributed by atoms with Crippen molar-refractivity contribution in [1.29, 1.82) is 0 Å². The molecule has 0 bridgehead atoms. The third-order valence-corrected chi connectivity index (χ3v) is 10.1. The first kappa shape index (κ1) is 39.4. The SMILES string of the molecule is CC1=[C-]C(C)C(C)=C1C.[NH-]C1CCCCCCCCC1.[Ti+2].c1ccc(-c2ccccc2)cc1.c1ccc([SiH]c2ccccc2)cc1. The average molecular weight is 661 g/mol. The Hall–Kier alpha value is -2.75. The van der Waals surface area contributed by atoms with E-state index in [0.717, 1.165) is 12.8 Å². The molecule has 4 aromatic carbocycles. The van der Waals surface area contributed by atoms with Crippen molar-refractivity contribution >= 4 is 19.9 Å². The van der Waals surface area contributed by atoms with E-state index in [1.54, 1.807) is 0 Å². The van der Waals surface area contributed by atoms with Crippen molar-refractivity contribution in [2.24, 2.45) is 5.92 Å². The fourth-order valence-corrected chi connectivity index (χ4v) is 6.74. The van der Waals surface area contributed by atoms with Crippen molar-refractivity contribution in [3.63, 3.8) is 0 Å². The molecule has 0 spiro atoms. The van der Waals surface area contributed by atoms with Gasteiger partial charge in [0.2, 0.25) is 0 Å². The Labute approximate surface area is 298 Å². The van der Waals surface area contributed by atoms with Crippen LogP contribution in [0.5, 0.6) is 0 Å². The minimum absolute atomic E-state index is 0. The van der Waals surface area contributed by atoms with Crippen molar-refractivity contribution < 1.29 is 21.7 Å². The van der Waals surface area contributed by atoms with E-state index in [1.165, 1.54) is 83.2 Å². The minimum Gasteiger partial charge on any atom is -0.675 e. The van der Waals surface area contributed by atoms with E-state index in [4.69, 9.17) is 5.73 Å². The maximum absolute atomic E-state index is 7.68. The van der Waals surface area contributed by atoms with Crippen LogP contribution in [0.3, 0.4) is 0 Å². The van der Waals surface area contributed by atoms with E-state index in [9.17, 15) is 0 Å². The molecule has 1 radical (unpaired) electrons. The summed E-state index contributed by atoms with van der Waals surface area (Å²) in [6.45, 7) is 8.67. The van der Waals surface area contributed by atoms with Gasteiger partial charge in [-0.15, -0.1) is 13.0 Å². The Kier molecular flexibility index (Phi) is 20.2. The third-order valence-electron chi connectivity index (χ3n) is 8.66. The van der Waals surface area contributed by atoms with Gasteiger partial charge in [-0.3, -0.25) is 6.08 Å². The Balaban J connectivity index is 0.000000214. The molecular weight excluding hydrogens is 606 g/mol. The summed E-state index contributed by atoms with van der Waals surface area (Å²) in [5.74, 6) is 0.560. The second-order valence-corrected chi connectivity index (χ2v) is 13.9. The molecule has 1 unspecified atom stereocenters. The van der Waals surface area contributed by atoms with Gasteiger partial charge in [-0.25, -0.2) is 5.57 Å². The van der Waals surface area contributed by atoms with E-state index in [1.807, 2.05) is 12.1 Å². The Morgan fingerprint density at radius 1 is 0.543 bits per heavy atom. The van der Waals surface area contributed by atoms with Gasteiger partial charge < -0.3 is 5.73 Å². The molecule has 1 atom stereocenters. The number of rotatable bonds is 3. The molecule has 3 heteroatoms. The van der Waals surface area contributed by atoms with Crippen molar-refractivity contribution in [3.05, 3.63) is 150 Å². The molecule has 0 heterocycles. The number of allylic oxidation sites excluding steroid dienone is 4. The molecule has 4 aromatic rings. The Morgan fingerprint density at radius 3 is 1.20 bits per heavy atom. The average Bonchev–Trinajstić information content (AvgIpc) is 3.31. The molecule has 1 fully saturated rings. The molecule has 6 rings (SSSR count). The van der Waals surface area contributed by atoms with Gasteiger partial charge >= 0.3 is 21.7 Å². The van der Waals surface area contributed by atoms with Gasteiger partial charge in [0.15, 0.2) is 0 Å². The number of hydrogen-bond acceptors (Lipinski definition) is 0. The predicted molar refractivity (Wildman–Crippen MR) is 201 cm³/mol. The maximum Gasteiger partial charge on any atom is 2.00 e. The molecule has 0 aromatic heterocycles. The van der Waals surface area contributed by atoms with Crippen molar-refractivity contribution in [2.75, 3.05) is 0 Å². The van der Waals surface area contributed by atoms with E-state index in [2.05, 4.69) is 143 Å². The first-order valence-electron chi connectivity index (χ1n) is 17.0. The molecule has 2 aliphatic carbocycles. The van der Waals surface area contributed by atoms with Crippen LogP contribution >= 0.6 is 0 Å². The first-order valence-corrected chi connectivity index (χ1v) is 18.1. The Bertz CT molecular complexity index is 1300. The van der Waals surface area contributed by atoms with Crippen LogP contribution in [-0.2, 0) is 21.7 Å². The smallest absolute Gasteiger partial charge is 0.675 e. The normalized spacial score (nSPS) is 16.5. The van der Waals surface area contributed by atoms with E-state index in [-0.39, 0.29) is 37.3 Å². The number of hydrogen-bond donors (Lipinski definition) is 0. The van der Waals surface area contributed by atoms with Crippen LogP contribution in [0.25, 0.3) is 16.9 Å². The molecule has 0 aliphatic heterocycles. The Morgan fingerprint density at radius 2 is 0.891 bits per heavy atom. The quantitative estimate of drug-likeness (QED) is 0.154. The van der Waals surface area contributed by atoms with Crippen LogP contribution in [0.15, 0.2) is 138 Å². The summed E-state index contributed by atoms with van der Waals surface area (Å²) < 4.78 is 0. The standard InChI is InChI=1S/C12H11Si.C12H10.C10H20N.C9H13.Ti/c1-3-7-11(8-4-1)13-12-9-5-2-6-10-12;1-3-7-11(8-4-1)12-9-5-2-6-10-12;11-10-8-6-4-2-1-3-5-7-9-10;1-6-5-7(2)9(4)8(6)3;/h1-10,13H;1-10H;10-11H,1-9H2;6H,1-4H3;/q;;2*-1;+2. The fourth-order valence-electron chi connectivity index (χ4n) is 5.52. The van der Waals surface area contributed by atoms with Crippen LogP contribution in [-0.4, -0.2) is 15.6 Å². The zero-order valence-corrected chi connectivity index (χ0v) is 31.4. The van der Waals surface area contributed by atoms with Crippen molar-refractivity contribution in [2.45, 2.75) is 91.5 Å². The topological polar surface area (TPSA) is 23.8 Å². The minimum atomic E-state index is 0. The third kappa shape index (κ3) is 15.7. The van der Waals surface area contributed by atoms with Gasteiger partial charge in [-0.2, -0.15) is 11.1 Å². The van der Waals surface area contributed by atoms with Crippen LogP contribution in [0.1, 0.15) is 85.5 Å². The van der Waals surface area contributed by atoms with Gasteiger partial charge in [0, 0.05) is 0 Å². The van der Waals surface area contributed by atoms with E-state index in [0.29, 0.717) is 5.92 Å². The zero-order valence-electron chi connectivity index (χ0n) is 28.6. The van der Waals surface area contributed by atoms with Gasteiger partial charge in [-0.1, -0.05) is 216 Å². The summed E-state index contributed by atoms with van der Waals surface area (Å²) in [6, 6.07) is 42.4. The van der Waals surface area contributed by atoms with Gasteiger partial charge in [0.05, 0.1) is 0 Å². The molecule has 239 valence electrons. The van der Waals surface area contributed by atoms with Gasteiger partial charge in [0.1, 0.15) is 9.52 Å². The van der Waals surface area contributed by atoms with Crippen LogP contribution < -0.4 is 10.4 Å². The summed E-state index contributed by atoms with van der Waals surface area (Å²) in [7, 11) is 0.271. The predicted octanol–water partition coefficient (Wildman–Crippen LogP) is 11.1. The first-order chi connectivity index (χ1) is 21.9. The molecule has 2 aliphatic rings. The molecule has 0 saturated heterocycles. The molecule has 1 N–H and O–H groups in total. The number of nitrogens with one attached hydrogen (secondary N) is 1. The molecule has 46 heavy (non-hydrogen) atoms. The molecule has 1 saturated carbocycles. The van der Waals surface area contributed by atoms with Crippen LogP contribution in [0.2, 0.25) is 0 Å². The fraction of sp³-hybridized carbons (Fsp3) is 0.349. The number of benzene rings is 4. The van der Waals surface area contributed by atoms with E-state index >= 15 is 0 Å². The maximum atomic E-state index is 7.68. The second kappa shape index (κ2) is 23.6. The molecular formula is C43H54NSiTi. The second-order valence-electron chi connectivity index (χ2n) is 12.2. The van der Waals surface area contributed by atoms with Crippen LogP contribution in [0.4, 0.5) is 0 Å². The van der Waals surface area contributed by atoms with Crippen molar-refractivity contribution in [1.82, 2.24) is 0 Å². The van der Waals surface area contributed by atoms with Gasteiger partial charge in [0.25, 0.3) is 0 Å². The summed E-state index contributed by atoms with van der Waals surface area (Å²) >= 11 is 0. The largest absolute Gasteiger partial charge is 2.00 e. The summed E-state index contributed by atoms with van der Waals surface area (Å²) in [4.78, 5) is 0. The monoisotopic (exact) mass is 660 g/mol. The van der Waals surface area contributed by atoms with Crippen LogP contribution in [0, 0.1) is 12.0 Å². The van der Waals surface area contributed by atoms with E-state index < -0.39 is 0 Å². The molecule has 1 nitrogen and oxygen atoms in total. The van der Waals surface area contributed by atoms with Crippen molar-refractivity contribution in [3.8, 4) is 11.1 Å². The summed E-state index contributed by atoms with van der Waals surface area (Å²) in [6.07, 6.45) is 15.3. The van der Waals surface area contributed by atoms with Gasteiger partial charge in [-0.05, 0) is 11.1 Å². The summed E-state index contributed by atoms with van der Waals surface area (Å²) in [5, 5.41) is 2.90. The summed E-state index contributed by atoms with van der Waals surface area (Å²) in [5.41, 5.74) is 14.5.